The largest absolute Gasteiger partial charge is 0.481 e. The number of carboxylic acid groups (broad SMARTS) is 2. The number of carbonyl (C=O) groups excluding carboxylic acids is 2. The highest BCUT2D eigenvalue weighted by molar-refractivity contribution is 5.89. The fourth-order valence-electron chi connectivity index (χ4n) is 2.87. The quantitative estimate of drug-likeness (QED) is 0.290. The molecule has 31 heavy (non-hydrogen) atoms. The van der Waals surface area contributed by atoms with E-state index in [9.17, 15) is 19.2 Å². The Morgan fingerprint density at radius 2 is 1.77 bits per heavy atom. The summed E-state index contributed by atoms with van der Waals surface area (Å²) in [6, 6.07) is -0.719. The van der Waals surface area contributed by atoms with Gasteiger partial charge in [0, 0.05) is 18.5 Å². The van der Waals surface area contributed by atoms with Crippen molar-refractivity contribution < 1.29 is 44.0 Å². The molecule has 0 saturated carbocycles. The van der Waals surface area contributed by atoms with Crippen LogP contribution in [0.25, 0.3) is 0 Å². The minimum Gasteiger partial charge on any atom is -0.481 e. The van der Waals surface area contributed by atoms with Crippen LogP contribution in [0.15, 0.2) is 11.6 Å². The number of hydrogen-bond acceptors (Lipinski definition) is 8. The van der Waals surface area contributed by atoms with E-state index >= 15 is 0 Å². The molecule has 1 rings (SSSR count). The van der Waals surface area contributed by atoms with Gasteiger partial charge in [0.1, 0.15) is 0 Å². The van der Waals surface area contributed by atoms with E-state index in [1.165, 1.54) is 6.92 Å². The van der Waals surface area contributed by atoms with Crippen LogP contribution in [-0.2, 0) is 28.7 Å². The van der Waals surface area contributed by atoms with Crippen molar-refractivity contribution in [3.05, 3.63) is 11.6 Å². The van der Waals surface area contributed by atoms with Crippen molar-refractivity contribution in [3.8, 4) is 0 Å². The number of nitrogens with two attached hydrogens (primary N) is 1. The summed E-state index contributed by atoms with van der Waals surface area (Å²) < 4.78 is 11.1. The molecule has 178 valence electrons. The number of esters is 1. The van der Waals surface area contributed by atoms with E-state index < -0.39 is 30.6 Å². The smallest absolute Gasteiger partial charge is 0.333 e. The maximum absolute atomic E-state index is 12.0. The van der Waals surface area contributed by atoms with Gasteiger partial charge in [-0.2, -0.15) is 0 Å². The molecule has 11 heteroatoms. The summed E-state index contributed by atoms with van der Waals surface area (Å²) >= 11 is 0. The first-order chi connectivity index (χ1) is 14.5. The molecule has 0 aromatic rings. The normalized spacial score (nSPS) is 21.3. The van der Waals surface area contributed by atoms with Gasteiger partial charge in [0.25, 0.3) is 0 Å². The average Bonchev–Trinajstić information content (AvgIpc) is 2.68. The van der Waals surface area contributed by atoms with Gasteiger partial charge in [-0.05, 0) is 32.3 Å². The Bertz CT molecular complexity index is 647. The monoisotopic (exact) mass is 446 g/mol. The number of amides is 1. The lowest BCUT2D eigenvalue weighted by Crippen LogP contribution is -2.57. The Kier molecular flexibility index (Phi) is 13.3. The van der Waals surface area contributed by atoms with Gasteiger partial charge < -0.3 is 35.8 Å². The molecule has 0 saturated heterocycles. The predicted molar refractivity (Wildman–Crippen MR) is 110 cm³/mol. The highest BCUT2D eigenvalue weighted by Crippen LogP contribution is 2.24. The molecule has 1 aliphatic carbocycles. The molecule has 0 bridgehead atoms. The van der Waals surface area contributed by atoms with Crippen LogP contribution in [0.2, 0.25) is 0 Å². The van der Waals surface area contributed by atoms with Crippen LogP contribution in [0.1, 0.15) is 53.4 Å². The zero-order chi connectivity index (χ0) is 24.1. The van der Waals surface area contributed by atoms with Crippen molar-refractivity contribution in [3.63, 3.8) is 0 Å². The van der Waals surface area contributed by atoms with Crippen molar-refractivity contribution >= 4 is 23.8 Å². The number of carbonyl (C=O) groups is 4. The Morgan fingerprint density at radius 3 is 2.16 bits per heavy atom. The second-order valence-electron chi connectivity index (χ2n) is 7.00. The van der Waals surface area contributed by atoms with Crippen molar-refractivity contribution in [2.75, 3.05) is 6.61 Å². The highest BCUT2D eigenvalue weighted by Gasteiger charge is 2.35. The fourth-order valence-corrected chi connectivity index (χ4v) is 2.87. The van der Waals surface area contributed by atoms with Gasteiger partial charge in [-0.25, -0.2) is 9.59 Å². The lowest BCUT2D eigenvalue weighted by atomic mass is 9.88. The third kappa shape index (κ3) is 10.9. The number of hydrogen-bond donors (Lipinski definition) is 5. The van der Waals surface area contributed by atoms with Gasteiger partial charge in [0.05, 0.1) is 31.3 Å². The van der Waals surface area contributed by atoms with E-state index in [1.807, 2.05) is 13.8 Å². The average molecular weight is 446 g/mol. The first kappa shape index (κ1) is 28.5. The molecule has 6 N–H and O–H groups in total. The third-order valence-corrected chi connectivity index (χ3v) is 4.46. The maximum atomic E-state index is 12.0. The lowest BCUT2D eigenvalue weighted by molar-refractivity contribution is -0.152. The van der Waals surface area contributed by atoms with Gasteiger partial charge in [-0.15, -0.1) is 0 Å². The first-order valence-electron chi connectivity index (χ1n) is 10.1. The second kappa shape index (κ2) is 14.5. The molecule has 0 aliphatic heterocycles. The number of aliphatic hydroxyl groups is 1. The van der Waals surface area contributed by atoms with Crippen LogP contribution in [0, 0.1) is 0 Å². The summed E-state index contributed by atoms with van der Waals surface area (Å²) in [4.78, 5) is 42.8. The SMILES string of the molecule is CCOC(=O)C1=C[C@@H](OC(CC)CC)[C@H](NC(C)=O)[C@@H](N)C1.O=C(O)CC(O)C(=O)O. The summed E-state index contributed by atoms with van der Waals surface area (Å²) in [5, 5.41) is 27.0. The Labute approximate surface area is 181 Å². The number of ether oxygens (including phenoxy) is 2. The van der Waals surface area contributed by atoms with Crippen LogP contribution in [0.5, 0.6) is 0 Å². The van der Waals surface area contributed by atoms with Crippen molar-refractivity contribution in [2.45, 2.75) is 83.8 Å². The van der Waals surface area contributed by atoms with E-state index in [-0.39, 0.29) is 30.1 Å². The summed E-state index contributed by atoms with van der Waals surface area (Å²) in [5.41, 5.74) is 6.68. The van der Waals surface area contributed by atoms with E-state index in [0.717, 1.165) is 12.8 Å². The van der Waals surface area contributed by atoms with Gasteiger partial charge >= 0.3 is 17.9 Å². The Balaban J connectivity index is 0.000000842. The highest BCUT2D eigenvalue weighted by atomic mass is 16.5. The fraction of sp³-hybridized carbons (Fsp3) is 0.700. The van der Waals surface area contributed by atoms with Gasteiger partial charge in [-0.3, -0.25) is 9.59 Å². The van der Waals surface area contributed by atoms with Gasteiger partial charge in [0.2, 0.25) is 5.91 Å². The molecule has 0 aromatic carbocycles. The molecule has 0 fully saturated rings. The summed E-state index contributed by atoms with van der Waals surface area (Å²) in [7, 11) is 0. The Hall–Kier alpha value is -2.50. The van der Waals surface area contributed by atoms with Crippen LogP contribution in [0.4, 0.5) is 0 Å². The molecule has 0 radical (unpaired) electrons. The molecule has 0 spiro atoms. The van der Waals surface area contributed by atoms with Crippen molar-refractivity contribution in [2.24, 2.45) is 5.73 Å². The van der Waals surface area contributed by atoms with E-state index in [2.05, 4.69) is 5.32 Å². The minimum atomic E-state index is -1.79. The minimum absolute atomic E-state index is 0.0613. The maximum Gasteiger partial charge on any atom is 0.333 e. The zero-order valence-corrected chi connectivity index (χ0v) is 18.4. The van der Waals surface area contributed by atoms with Gasteiger partial charge in [0.15, 0.2) is 6.10 Å². The van der Waals surface area contributed by atoms with Crippen LogP contribution in [0.3, 0.4) is 0 Å². The van der Waals surface area contributed by atoms with Crippen LogP contribution >= 0.6 is 0 Å². The lowest BCUT2D eigenvalue weighted by Gasteiger charge is -2.36. The van der Waals surface area contributed by atoms with Crippen molar-refractivity contribution in [1.29, 1.82) is 0 Å². The molecule has 0 heterocycles. The second-order valence-corrected chi connectivity index (χ2v) is 7.00. The van der Waals surface area contributed by atoms with Crippen molar-refractivity contribution in [1.82, 2.24) is 5.32 Å². The first-order valence-corrected chi connectivity index (χ1v) is 10.1. The molecule has 1 amide bonds. The molecule has 1 aliphatic rings. The molecular weight excluding hydrogens is 412 g/mol. The number of nitrogens with one attached hydrogen (secondary N) is 1. The Morgan fingerprint density at radius 1 is 1.19 bits per heavy atom. The molecule has 0 aromatic heterocycles. The standard InChI is InChI=1S/C16H28N2O4.C4H6O5/c1-5-12(6-2)22-14-9-11(16(20)21-7-3)8-13(17)15(14)18-10(4)19;5-2(4(8)9)1-3(6)7/h9,12-15H,5-8,17H2,1-4H3,(H,18,19);2,5H,1H2,(H,6,7)(H,8,9)/t13-,14+,15+;/m0./s1. The number of aliphatic carboxylic acids is 2. The topological polar surface area (TPSA) is 185 Å². The molecule has 4 atom stereocenters. The van der Waals surface area contributed by atoms with Gasteiger partial charge in [-0.1, -0.05) is 13.8 Å². The van der Waals surface area contributed by atoms with E-state index in [0.29, 0.717) is 18.6 Å². The van der Waals surface area contributed by atoms with Crippen LogP contribution in [-0.4, -0.2) is 76.1 Å². The molecule has 11 nitrogen and oxygen atoms in total. The summed E-state index contributed by atoms with van der Waals surface area (Å²) in [6.45, 7) is 7.62. The molecular formula is C20H34N2O9. The number of aliphatic hydroxyl groups excluding tert-OH is 1. The molecule has 1 unspecified atom stereocenters. The number of rotatable bonds is 10. The third-order valence-electron chi connectivity index (χ3n) is 4.46. The predicted octanol–water partition coefficient (Wildman–Crippen LogP) is 0.192. The van der Waals surface area contributed by atoms with E-state index in [4.69, 9.17) is 30.5 Å². The summed E-state index contributed by atoms with van der Waals surface area (Å²) in [5.74, 6) is -3.37. The van der Waals surface area contributed by atoms with E-state index in [1.54, 1.807) is 13.0 Å². The summed E-state index contributed by atoms with van der Waals surface area (Å²) in [6.07, 6.45) is 0.933. The zero-order valence-electron chi connectivity index (χ0n) is 18.4. The number of carboxylic acids is 2. The van der Waals surface area contributed by atoms with Crippen LogP contribution < -0.4 is 11.1 Å².